The van der Waals surface area contributed by atoms with Gasteiger partial charge in [0, 0.05) is 5.56 Å². The number of terminal acetylenes is 1. The Bertz CT molecular complexity index is 449. The van der Waals surface area contributed by atoms with E-state index in [0.29, 0.717) is 16.1 Å². The number of fused-ring (bicyclic) bond motifs is 1. The van der Waals surface area contributed by atoms with Gasteiger partial charge in [-0.3, -0.25) is 13.8 Å². The summed E-state index contributed by atoms with van der Waals surface area (Å²) in [5, 5.41) is 0. The Morgan fingerprint density at radius 3 is 3.00 bits per heavy atom. The molecule has 0 saturated carbocycles. The predicted octanol–water partition coefficient (Wildman–Crippen LogP) is 1.83. The molecule has 0 spiro atoms. The highest BCUT2D eigenvalue weighted by Gasteiger charge is 2.22. The lowest BCUT2D eigenvalue weighted by Crippen LogP contribution is -2.21. The van der Waals surface area contributed by atoms with E-state index in [0.717, 1.165) is 0 Å². The van der Waals surface area contributed by atoms with E-state index in [2.05, 4.69) is 22.0 Å². The topological polar surface area (TPSA) is 64.8 Å². The second kappa shape index (κ2) is 3.03. The van der Waals surface area contributed by atoms with Crippen molar-refractivity contribution < 1.29 is 9.11 Å². The summed E-state index contributed by atoms with van der Waals surface area (Å²) < 4.78 is 21.4. The first-order chi connectivity index (χ1) is 6.63. The Morgan fingerprint density at radius 1 is 1.50 bits per heavy atom. The first kappa shape index (κ1) is 9.09. The fourth-order valence-electron chi connectivity index (χ4n) is 1.13. The Hall–Kier alpha value is -1.48. The van der Waals surface area contributed by atoms with Crippen molar-refractivity contribution in [2.45, 2.75) is 4.90 Å². The van der Waals surface area contributed by atoms with Gasteiger partial charge in [-0.2, -0.15) is 0 Å². The van der Waals surface area contributed by atoms with Gasteiger partial charge in [-0.25, -0.2) is 4.99 Å². The summed E-state index contributed by atoms with van der Waals surface area (Å²) in [5.41, 5.74) is 1.06. The number of hydrogen-bond acceptors (Lipinski definition) is 4. The van der Waals surface area contributed by atoms with Crippen LogP contribution in [0.3, 0.4) is 0 Å². The van der Waals surface area contributed by atoms with Crippen LogP contribution in [-0.4, -0.2) is 15.4 Å². The van der Waals surface area contributed by atoms with Crippen LogP contribution in [0.2, 0.25) is 0 Å². The molecule has 1 aromatic rings. The highest BCUT2D eigenvalue weighted by molar-refractivity contribution is 8.23. The number of rotatable bonds is 0. The monoisotopic (exact) mass is 207 g/mol. The van der Waals surface area contributed by atoms with Gasteiger partial charge < -0.3 is 0 Å². The Morgan fingerprint density at radius 2 is 2.29 bits per heavy atom. The van der Waals surface area contributed by atoms with Crippen LogP contribution in [0.1, 0.15) is 5.56 Å². The van der Waals surface area contributed by atoms with Gasteiger partial charge in [-0.05, 0) is 18.2 Å². The van der Waals surface area contributed by atoms with Crippen molar-refractivity contribution in [1.82, 2.24) is 4.72 Å². The van der Waals surface area contributed by atoms with E-state index >= 15 is 0 Å². The van der Waals surface area contributed by atoms with Crippen LogP contribution in [0.25, 0.3) is 0 Å². The molecular formula is C9H7N2O2S. The molecule has 14 heavy (non-hydrogen) atoms. The van der Waals surface area contributed by atoms with Crippen LogP contribution < -0.4 is 4.72 Å². The molecule has 1 aliphatic rings. The molecule has 0 atom stereocenters. The molecule has 1 heterocycles. The predicted molar refractivity (Wildman–Crippen MR) is 55.7 cm³/mol. The third-order valence-corrected chi connectivity index (χ3v) is 3.11. The largest absolute Gasteiger partial charge is 0.278 e. The summed E-state index contributed by atoms with van der Waals surface area (Å²) in [4.78, 5) is 4.15. The van der Waals surface area contributed by atoms with Crippen LogP contribution >= 0.6 is 10.8 Å². The lowest BCUT2D eigenvalue weighted by atomic mass is 10.2. The number of nitrogens with zero attached hydrogens (tertiary/aromatic N) is 1. The summed E-state index contributed by atoms with van der Waals surface area (Å²) in [6.07, 6.45) is 7.53. The van der Waals surface area contributed by atoms with Gasteiger partial charge in [0.25, 0.3) is 0 Å². The number of hydrogen-bond donors (Lipinski definition) is 3. The van der Waals surface area contributed by atoms with Gasteiger partial charge in [0.2, 0.25) is 0 Å². The molecule has 4 nitrogen and oxygen atoms in total. The first-order valence-corrected chi connectivity index (χ1v) is 5.29. The van der Waals surface area contributed by atoms with Crippen molar-refractivity contribution in [3.05, 3.63) is 23.8 Å². The van der Waals surface area contributed by atoms with Gasteiger partial charge in [0.15, 0.2) is 6.34 Å². The summed E-state index contributed by atoms with van der Waals surface area (Å²) in [6.45, 7) is 0. The zero-order valence-electron chi connectivity index (χ0n) is 7.06. The van der Waals surface area contributed by atoms with E-state index in [1.165, 1.54) is 6.07 Å². The normalized spacial score (nSPS) is 18.9. The minimum absolute atomic E-state index is 0.312. The molecule has 0 saturated heterocycles. The standard InChI is InChI=1S/C9H7N2O2S/c1-2-7-3-4-8-9(5-7)14(12,13)11-6-10-8/h1,3-5,12-13H,(H,10,11). The highest BCUT2D eigenvalue weighted by Crippen LogP contribution is 2.50. The first-order valence-electron chi connectivity index (χ1n) is 3.75. The molecule has 0 unspecified atom stereocenters. The van der Waals surface area contributed by atoms with Gasteiger partial charge >= 0.3 is 0 Å². The number of benzene rings is 1. The van der Waals surface area contributed by atoms with E-state index in [-0.39, 0.29) is 0 Å². The zero-order valence-corrected chi connectivity index (χ0v) is 7.88. The lowest BCUT2D eigenvalue weighted by molar-refractivity contribution is 0.481. The molecule has 0 aromatic heterocycles. The van der Waals surface area contributed by atoms with Crippen LogP contribution in [0.4, 0.5) is 5.69 Å². The summed E-state index contributed by atoms with van der Waals surface area (Å²) >= 11 is 0. The molecular weight excluding hydrogens is 200 g/mol. The van der Waals surface area contributed by atoms with Crippen LogP contribution in [0.15, 0.2) is 28.1 Å². The second-order valence-electron chi connectivity index (χ2n) is 2.70. The van der Waals surface area contributed by atoms with Crippen LogP contribution in [-0.2, 0) is 0 Å². The minimum atomic E-state index is -3.03. The molecule has 0 amide bonds. The quantitative estimate of drug-likeness (QED) is 0.569. The Kier molecular flexibility index (Phi) is 1.97. The Balaban J connectivity index is 2.63. The molecule has 1 aliphatic heterocycles. The van der Waals surface area contributed by atoms with Crippen molar-refractivity contribution in [3.63, 3.8) is 0 Å². The second-order valence-corrected chi connectivity index (χ2v) is 4.44. The summed E-state index contributed by atoms with van der Waals surface area (Å²) in [5.74, 6) is 2.42. The van der Waals surface area contributed by atoms with E-state index in [1.807, 2.05) is 0 Å². The fourth-order valence-corrected chi connectivity index (χ4v) is 2.11. The number of aliphatic imine (C=N–C) groups is 1. The maximum absolute atomic E-state index is 9.58. The van der Waals surface area contributed by atoms with Gasteiger partial charge in [0.1, 0.15) is 4.90 Å². The average Bonchev–Trinajstić information content (AvgIpc) is 2.17. The smallest absolute Gasteiger partial charge is 0.190 e. The van der Waals surface area contributed by atoms with Crippen molar-refractivity contribution in [2.75, 3.05) is 0 Å². The van der Waals surface area contributed by atoms with E-state index < -0.39 is 10.8 Å². The fraction of sp³-hybridized carbons (Fsp3) is 0. The van der Waals surface area contributed by atoms with Crippen molar-refractivity contribution in [1.29, 1.82) is 0 Å². The van der Waals surface area contributed by atoms with Gasteiger partial charge in [-0.15, -0.1) is 6.42 Å². The van der Waals surface area contributed by atoms with E-state index in [4.69, 9.17) is 6.42 Å². The Labute approximate surface area is 83.2 Å². The summed E-state index contributed by atoms with van der Waals surface area (Å²) in [6, 6.07) is 4.85. The van der Waals surface area contributed by atoms with E-state index in [1.54, 1.807) is 12.1 Å². The molecule has 5 heteroatoms. The van der Waals surface area contributed by atoms with Crippen LogP contribution in [0, 0.1) is 12.3 Å². The molecule has 1 radical (unpaired) electrons. The minimum Gasteiger partial charge on any atom is -0.278 e. The molecule has 2 rings (SSSR count). The highest BCUT2D eigenvalue weighted by atomic mass is 32.3. The maximum atomic E-state index is 9.58. The third kappa shape index (κ3) is 1.36. The summed E-state index contributed by atoms with van der Waals surface area (Å²) in [7, 11) is -3.03. The van der Waals surface area contributed by atoms with E-state index in [9.17, 15) is 9.11 Å². The van der Waals surface area contributed by atoms with Crippen molar-refractivity contribution in [2.24, 2.45) is 4.99 Å². The van der Waals surface area contributed by atoms with Gasteiger partial charge in [0.05, 0.1) is 5.69 Å². The SMILES string of the molecule is C#Cc1ccc2c(c1)S(O)(O)N[C]=N2. The molecule has 71 valence electrons. The number of nitrogens with one attached hydrogen (secondary N) is 1. The molecule has 0 aliphatic carbocycles. The lowest BCUT2D eigenvalue weighted by Gasteiger charge is -2.34. The molecule has 0 bridgehead atoms. The molecule has 3 N–H and O–H groups in total. The molecule has 0 fully saturated rings. The van der Waals surface area contributed by atoms with Crippen molar-refractivity contribution >= 4 is 22.8 Å². The van der Waals surface area contributed by atoms with Crippen LogP contribution in [0.5, 0.6) is 0 Å². The van der Waals surface area contributed by atoms with Crippen molar-refractivity contribution in [3.8, 4) is 12.3 Å². The third-order valence-electron chi connectivity index (χ3n) is 1.80. The average molecular weight is 207 g/mol. The molecule has 1 aromatic carbocycles. The zero-order chi connectivity index (χ0) is 10.2. The maximum Gasteiger partial charge on any atom is 0.190 e. The van der Waals surface area contributed by atoms with Gasteiger partial charge in [-0.1, -0.05) is 16.7 Å².